The van der Waals surface area contributed by atoms with Gasteiger partial charge >= 0.3 is 12.2 Å². The van der Waals surface area contributed by atoms with Crippen molar-refractivity contribution in [2.24, 2.45) is 0 Å². The van der Waals surface area contributed by atoms with Crippen LogP contribution in [-0.2, 0) is 12.8 Å². The first-order valence-corrected chi connectivity index (χ1v) is 16.0. The van der Waals surface area contributed by atoms with Gasteiger partial charge in [-0.15, -0.1) is 20.2 Å². The van der Waals surface area contributed by atoms with Crippen LogP contribution in [0.4, 0.5) is 9.59 Å². The number of aryl methyl sites for hydroxylation is 2. The smallest absolute Gasteiger partial charge is 0.410 e. The predicted molar refractivity (Wildman–Crippen MR) is 185 cm³/mol. The lowest BCUT2D eigenvalue weighted by atomic mass is 10.0. The Hall–Kier alpha value is -5.80. The third kappa shape index (κ3) is 14.1. The third-order valence-corrected chi connectivity index (χ3v) is 7.40. The van der Waals surface area contributed by atoms with Crippen molar-refractivity contribution in [1.29, 1.82) is 0 Å². The lowest BCUT2D eigenvalue weighted by Gasteiger charge is -2.13. The highest BCUT2D eigenvalue weighted by Gasteiger charge is 2.13. The maximum absolute atomic E-state index is 12.0. The zero-order valence-electron chi connectivity index (χ0n) is 28.7. The van der Waals surface area contributed by atoms with Gasteiger partial charge in [0.05, 0.1) is 0 Å². The van der Waals surface area contributed by atoms with Gasteiger partial charge in [0.15, 0.2) is 0 Å². The summed E-state index contributed by atoms with van der Waals surface area (Å²) in [6.45, 7) is 0. The van der Waals surface area contributed by atoms with Crippen LogP contribution in [0, 0.1) is 20.2 Å². The molecule has 0 aliphatic heterocycles. The van der Waals surface area contributed by atoms with Crippen LogP contribution >= 0.6 is 0 Å². The largest absolute Gasteiger partial charge is 0.414 e. The average molecular weight is 697 g/mol. The van der Waals surface area contributed by atoms with Crippen LogP contribution in [0.5, 0.6) is 11.5 Å². The average Bonchev–Trinajstić information content (AvgIpc) is 3.05. The van der Waals surface area contributed by atoms with Crippen molar-refractivity contribution in [2.75, 3.05) is 28.2 Å². The summed E-state index contributed by atoms with van der Waals surface area (Å²) in [7, 11) is 6.70. The molecule has 2 aromatic carbocycles. The molecule has 0 bridgehead atoms. The van der Waals surface area contributed by atoms with Crippen molar-refractivity contribution in [2.45, 2.75) is 64.2 Å². The summed E-state index contributed by atoms with van der Waals surface area (Å²) in [5.74, 6) is 1.14. The number of hydrogen-bond acceptors (Lipinski definition) is 10. The summed E-state index contributed by atoms with van der Waals surface area (Å²) in [4.78, 5) is 52.9. The van der Waals surface area contributed by atoms with E-state index in [-0.39, 0.29) is 12.2 Å². The third-order valence-electron chi connectivity index (χ3n) is 7.40. The molecule has 0 aliphatic rings. The van der Waals surface area contributed by atoms with Crippen molar-refractivity contribution in [3.63, 3.8) is 0 Å². The van der Waals surface area contributed by atoms with E-state index < -0.39 is 10.2 Å². The first-order chi connectivity index (χ1) is 23.8. The Morgan fingerprint density at radius 1 is 0.600 bits per heavy atom. The highest BCUT2D eigenvalue weighted by molar-refractivity contribution is 5.92. The maximum atomic E-state index is 12.0. The number of fused-ring (bicyclic) bond motifs is 2. The first-order valence-electron chi connectivity index (χ1n) is 16.0. The summed E-state index contributed by atoms with van der Waals surface area (Å²) in [6, 6.07) is 15.4. The minimum atomic E-state index is -1.50. The Morgan fingerprint density at radius 3 is 1.24 bits per heavy atom. The summed E-state index contributed by atoms with van der Waals surface area (Å²) in [5, 5.41) is 31.2. The molecule has 0 aliphatic carbocycles. The number of rotatable bonds is 13. The molecule has 0 fully saturated rings. The zero-order chi connectivity index (χ0) is 37.1. The van der Waals surface area contributed by atoms with E-state index in [1.54, 1.807) is 40.6 Å². The fourth-order valence-electron chi connectivity index (χ4n) is 5.07. The molecule has 2 amide bonds. The number of amides is 2. The van der Waals surface area contributed by atoms with Crippen molar-refractivity contribution in [3.8, 4) is 11.5 Å². The predicted octanol–water partition coefficient (Wildman–Crippen LogP) is 7.11. The normalized spacial score (nSPS) is 10.2. The fourth-order valence-corrected chi connectivity index (χ4v) is 5.07. The van der Waals surface area contributed by atoms with E-state index in [1.165, 1.54) is 48.3 Å². The molecule has 4 rings (SSSR count). The van der Waals surface area contributed by atoms with Gasteiger partial charge in [0.1, 0.15) is 11.5 Å². The van der Waals surface area contributed by atoms with Gasteiger partial charge in [0.2, 0.25) is 0 Å². The maximum Gasteiger partial charge on any atom is 0.414 e. The van der Waals surface area contributed by atoms with Crippen LogP contribution in [0.1, 0.15) is 62.8 Å². The van der Waals surface area contributed by atoms with Gasteiger partial charge in [-0.05, 0) is 49.9 Å². The molecule has 270 valence electrons. The molecule has 16 nitrogen and oxygen atoms in total. The molecular weight excluding hydrogens is 652 g/mol. The molecule has 0 unspecified atom stereocenters. The monoisotopic (exact) mass is 696 g/mol. The van der Waals surface area contributed by atoms with E-state index >= 15 is 0 Å². The molecule has 0 atom stereocenters. The van der Waals surface area contributed by atoms with Gasteiger partial charge in [-0.3, -0.25) is 9.97 Å². The molecule has 0 saturated carbocycles. The molecular formula is C34H44N6O10. The van der Waals surface area contributed by atoms with Gasteiger partial charge in [0, 0.05) is 73.5 Å². The van der Waals surface area contributed by atoms with Gasteiger partial charge < -0.3 is 29.7 Å². The number of ether oxygens (including phenoxy) is 2. The van der Waals surface area contributed by atoms with E-state index in [9.17, 15) is 9.59 Å². The Morgan fingerprint density at radius 2 is 0.920 bits per heavy atom. The number of unbranched alkanes of at least 4 members (excludes halogenated alkanes) is 7. The Balaban J connectivity index is 0.000000978. The minimum Gasteiger partial charge on any atom is -0.410 e. The number of benzene rings is 2. The molecule has 16 heteroatoms. The van der Waals surface area contributed by atoms with Gasteiger partial charge in [-0.25, -0.2) is 9.59 Å². The molecule has 2 aromatic heterocycles. The Bertz CT molecular complexity index is 1580. The molecule has 0 spiro atoms. The second-order valence-electron chi connectivity index (χ2n) is 11.5. The van der Waals surface area contributed by atoms with Crippen molar-refractivity contribution in [3.05, 3.63) is 92.5 Å². The van der Waals surface area contributed by atoms with Crippen LogP contribution in [0.15, 0.2) is 60.9 Å². The van der Waals surface area contributed by atoms with Crippen LogP contribution < -0.4 is 9.47 Å². The molecule has 0 saturated heterocycles. The van der Waals surface area contributed by atoms with Crippen molar-refractivity contribution < 1.29 is 39.7 Å². The Kier molecular flexibility index (Phi) is 17.1. The van der Waals surface area contributed by atoms with E-state index in [4.69, 9.17) is 40.1 Å². The van der Waals surface area contributed by atoms with Gasteiger partial charge in [0.25, 0.3) is 10.2 Å². The van der Waals surface area contributed by atoms with E-state index in [0.29, 0.717) is 11.5 Å². The standard InChI is InChI=1S/C34H42N4O4.2HNO3/c1-37(2)33(39)41-31-19-13-15-25-27(31)21-23-35-29(25)17-11-9-7-5-6-8-10-12-18-30-26-16-14-20-32(28(26)22-24-36-30)42-34(40)38(3)4;2*2-1(3)4/h13-16,19-24H,5-12,17-18H2,1-4H3;2*(H,2,3,4). The summed E-state index contributed by atoms with van der Waals surface area (Å²) >= 11 is 0. The highest BCUT2D eigenvalue weighted by Crippen LogP contribution is 2.29. The Labute approximate surface area is 289 Å². The lowest BCUT2D eigenvalue weighted by molar-refractivity contribution is -0.742. The topological polar surface area (TPSA) is 212 Å². The lowest BCUT2D eigenvalue weighted by Crippen LogP contribution is -2.25. The van der Waals surface area contributed by atoms with Crippen molar-refractivity contribution >= 4 is 33.7 Å². The SMILES string of the molecule is CN(C)C(=O)Oc1cccc2c(CCCCCCCCCCc3nccc4c(OC(=O)N(C)C)cccc34)nccc12.O=[N+]([O-])O.O=[N+]([O-])O. The van der Waals surface area contributed by atoms with Crippen LogP contribution in [0.3, 0.4) is 0 Å². The highest BCUT2D eigenvalue weighted by atomic mass is 16.9. The first kappa shape index (κ1) is 40.4. The molecule has 0 radical (unpaired) electrons. The van der Waals surface area contributed by atoms with Crippen LogP contribution in [0.25, 0.3) is 21.5 Å². The number of pyridine rings is 2. The molecule has 2 N–H and O–H groups in total. The van der Waals surface area contributed by atoms with Crippen molar-refractivity contribution in [1.82, 2.24) is 19.8 Å². The zero-order valence-corrected chi connectivity index (χ0v) is 28.7. The molecule has 2 heterocycles. The number of hydrogen-bond donors (Lipinski definition) is 2. The molecule has 4 aromatic rings. The minimum absolute atomic E-state index is 0.385. The summed E-state index contributed by atoms with van der Waals surface area (Å²) < 4.78 is 11.1. The number of carbonyl (C=O) groups is 2. The van der Waals surface area contributed by atoms with Gasteiger partial charge in [-0.2, -0.15) is 0 Å². The number of nitrogens with zero attached hydrogens (tertiary/aromatic N) is 6. The number of carbonyl (C=O) groups excluding carboxylic acids is 2. The molecule has 50 heavy (non-hydrogen) atoms. The summed E-state index contributed by atoms with van der Waals surface area (Å²) in [5.41, 5.74) is 2.11. The van der Waals surface area contributed by atoms with Gasteiger partial charge in [-0.1, -0.05) is 62.8 Å². The quantitative estimate of drug-likeness (QED) is 0.0813. The number of aromatic nitrogens is 2. The fraction of sp³-hybridized carbons (Fsp3) is 0.412. The van der Waals surface area contributed by atoms with Crippen LogP contribution in [-0.4, -0.2) is 80.7 Å². The second kappa shape index (κ2) is 21.2. The van der Waals surface area contributed by atoms with E-state index in [2.05, 4.69) is 22.1 Å². The van der Waals surface area contributed by atoms with Crippen LogP contribution in [0.2, 0.25) is 0 Å². The van der Waals surface area contributed by atoms with E-state index in [1.807, 2.05) is 36.4 Å². The second-order valence-corrected chi connectivity index (χ2v) is 11.5. The van der Waals surface area contributed by atoms with E-state index in [0.717, 1.165) is 58.6 Å². The summed E-state index contributed by atoms with van der Waals surface area (Å²) in [6.07, 6.45) is 14.1.